The second-order valence-corrected chi connectivity index (χ2v) is 9.25. The Morgan fingerprint density at radius 2 is 1.69 bits per heavy atom. The average Bonchev–Trinajstić information content (AvgIpc) is 2.88. The highest BCUT2D eigenvalue weighted by Crippen LogP contribution is 2.19. The molecular weight excluding hydrogens is 350 g/mol. The number of anilines is 1. The summed E-state index contributed by atoms with van der Waals surface area (Å²) in [7, 11) is -1.91. The summed E-state index contributed by atoms with van der Waals surface area (Å²) in [5, 5.41) is 6.15. The first-order valence-corrected chi connectivity index (χ1v) is 10.9. The van der Waals surface area contributed by atoms with Gasteiger partial charge in [0.15, 0.2) is 0 Å². The highest BCUT2D eigenvalue weighted by atomic mass is 32.2. The first-order valence-electron chi connectivity index (χ1n) is 9.42. The Morgan fingerprint density at radius 3 is 2.23 bits per heavy atom. The van der Waals surface area contributed by atoms with Crippen LogP contribution in [-0.2, 0) is 14.8 Å². The largest absolute Gasteiger partial charge is 0.376 e. The van der Waals surface area contributed by atoms with E-state index in [2.05, 4.69) is 10.6 Å². The fourth-order valence-corrected chi connectivity index (χ4v) is 4.44. The van der Waals surface area contributed by atoms with Crippen LogP contribution in [0, 0.1) is 0 Å². The summed E-state index contributed by atoms with van der Waals surface area (Å²) in [5.41, 5.74) is 0.729. The van der Waals surface area contributed by atoms with E-state index in [1.54, 1.807) is 31.3 Å². The van der Waals surface area contributed by atoms with Crippen LogP contribution in [0.5, 0.6) is 0 Å². The monoisotopic (exact) mass is 381 g/mol. The maximum atomic E-state index is 12.4. The van der Waals surface area contributed by atoms with Gasteiger partial charge in [0.25, 0.3) is 0 Å². The Balaban J connectivity index is 1.88. The van der Waals surface area contributed by atoms with E-state index in [1.165, 1.54) is 30.0 Å². The van der Waals surface area contributed by atoms with Crippen molar-refractivity contribution in [3.8, 4) is 0 Å². The minimum Gasteiger partial charge on any atom is -0.376 e. The summed E-state index contributed by atoms with van der Waals surface area (Å²) in [6.07, 6.45) is 6.99. The number of carbonyl (C=O) groups excluding carboxylic acids is 1. The molecule has 0 saturated heterocycles. The van der Waals surface area contributed by atoms with Gasteiger partial charge in [-0.25, -0.2) is 8.42 Å². The normalized spacial score (nSPS) is 16.5. The van der Waals surface area contributed by atoms with Crippen LogP contribution in [0.3, 0.4) is 0 Å². The number of nitrogens with one attached hydrogen (secondary N) is 2. The van der Waals surface area contributed by atoms with Crippen molar-refractivity contribution in [3.63, 3.8) is 0 Å². The van der Waals surface area contributed by atoms with Crippen molar-refractivity contribution < 1.29 is 13.2 Å². The van der Waals surface area contributed by atoms with Gasteiger partial charge in [-0.3, -0.25) is 4.79 Å². The van der Waals surface area contributed by atoms with Gasteiger partial charge < -0.3 is 10.6 Å². The standard InChI is InChI=1S/C19H31N3O3S/c1-15(2)22(3)26(24,25)18-12-10-16(11-13-18)20-14-19(23)21-17-8-6-4-5-7-9-17/h10-13,15,17,20H,4-9,14H2,1-3H3,(H,21,23). The molecule has 0 atom stereocenters. The van der Waals surface area contributed by atoms with Gasteiger partial charge in [0.2, 0.25) is 15.9 Å². The lowest BCUT2D eigenvalue weighted by Gasteiger charge is -2.21. The molecule has 1 aliphatic carbocycles. The van der Waals surface area contributed by atoms with E-state index in [4.69, 9.17) is 0 Å². The highest BCUT2D eigenvalue weighted by Gasteiger charge is 2.22. The first-order chi connectivity index (χ1) is 12.3. The van der Waals surface area contributed by atoms with Crippen LogP contribution >= 0.6 is 0 Å². The Labute approximate surface area is 157 Å². The van der Waals surface area contributed by atoms with Gasteiger partial charge in [-0.15, -0.1) is 0 Å². The van der Waals surface area contributed by atoms with Crippen molar-refractivity contribution in [2.75, 3.05) is 18.9 Å². The number of nitrogens with zero attached hydrogens (tertiary/aromatic N) is 1. The molecule has 2 N–H and O–H groups in total. The molecule has 0 heterocycles. The lowest BCUT2D eigenvalue weighted by atomic mass is 10.1. The van der Waals surface area contributed by atoms with Crippen molar-refractivity contribution >= 4 is 21.6 Å². The molecule has 0 aliphatic heterocycles. The van der Waals surface area contributed by atoms with E-state index in [9.17, 15) is 13.2 Å². The Kier molecular flexibility index (Phi) is 7.46. The number of carbonyl (C=O) groups is 1. The van der Waals surface area contributed by atoms with Gasteiger partial charge >= 0.3 is 0 Å². The number of sulfonamides is 1. The topological polar surface area (TPSA) is 78.5 Å². The van der Waals surface area contributed by atoms with Gasteiger partial charge in [0.05, 0.1) is 11.4 Å². The molecule has 0 unspecified atom stereocenters. The van der Waals surface area contributed by atoms with Crippen LogP contribution in [0.15, 0.2) is 29.2 Å². The fourth-order valence-electron chi connectivity index (χ4n) is 3.07. The molecule has 146 valence electrons. The summed E-state index contributed by atoms with van der Waals surface area (Å²) >= 11 is 0. The summed E-state index contributed by atoms with van der Waals surface area (Å²) < 4.78 is 26.2. The molecular formula is C19H31N3O3S. The summed E-state index contributed by atoms with van der Waals surface area (Å²) in [6.45, 7) is 3.86. The van der Waals surface area contributed by atoms with E-state index in [1.807, 2.05) is 13.8 Å². The third-order valence-corrected chi connectivity index (χ3v) is 6.98. The van der Waals surface area contributed by atoms with Crippen molar-refractivity contribution in [1.82, 2.24) is 9.62 Å². The molecule has 1 fully saturated rings. The molecule has 1 aromatic rings. The second kappa shape index (κ2) is 9.37. The van der Waals surface area contributed by atoms with Crippen LogP contribution in [0.2, 0.25) is 0 Å². The third-order valence-electron chi connectivity index (χ3n) is 4.93. The molecule has 0 aromatic heterocycles. The number of hydrogen-bond acceptors (Lipinski definition) is 4. The van der Waals surface area contributed by atoms with Crippen molar-refractivity contribution in [2.45, 2.75) is 69.4 Å². The van der Waals surface area contributed by atoms with E-state index >= 15 is 0 Å². The van der Waals surface area contributed by atoms with Crippen LogP contribution in [0.1, 0.15) is 52.4 Å². The summed E-state index contributed by atoms with van der Waals surface area (Å²) in [5.74, 6) is -0.0202. The van der Waals surface area contributed by atoms with Crippen LogP contribution in [0.25, 0.3) is 0 Å². The van der Waals surface area contributed by atoms with Crippen LogP contribution in [-0.4, -0.2) is 44.3 Å². The minimum atomic E-state index is -3.48. The molecule has 0 radical (unpaired) electrons. The lowest BCUT2D eigenvalue weighted by Crippen LogP contribution is -2.38. The molecule has 1 saturated carbocycles. The average molecular weight is 382 g/mol. The lowest BCUT2D eigenvalue weighted by molar-refractivity contribution is -0.120. The van der Waals surface area contributed by atoms with Crippen LogP contribution < -0.4 is 10.6 Å². The highest BCUT2D eigenvalue weighted by molar-refractivity contribution is 7.89. The molecule has 1 amide bonds. The SMILES string of the molecule is CC(C)N(C)S(=O)(=O)c1ccc(NCC(=O)NC2CCCCCC2)cc1. The number of hydrogen-bond donors (Lipinski definition) is 2. The predicted octanol–water partition coefficient (Wildman–Crippen LogP) is 2.97. The summed E-state index contributed by atoms with van der Waals surface area (Å²) in [4.78, 5) is 12.4. The Bertz CT molecular complexity index is 678. The van der Waals surface area contributed by atoms with E-state index in [0.29, 0.717) is 0 Å². The van der Waals surface area contributed by atoms with E-state index in [-0.39, 0.29) is 29.4 Å². The van der Waals surface area contributed by atoms with Gasteiger partial charge in [-0.05, 0) is 51.0 Å². The molecule has 6 nitrogen and oxygen atoms in total. The Hall–Kier alpha value is -1.60. The van der Waals surface area contributed by atoms with Gasteiger partial charge in [0, 0.05) is 24.8 Å². The molecule has 0 spiro atoms. The third kappa shape index (κ3) is 5.71. The van der Waals surface area contributed by atoms with E-state index < -0.39 is 10.0 Å². The zero-order valence-electron chi connectivity index (χ0n) is 16.0. The Morgan fingerprint density at radius 1 is 1.12 bits per heavy atom. The maximum absolute atomic E-state index is 12.4. The van der Waals surface area contributed by atoms with Crippen molar-refractivity contribution in [2.24, 2.45) is 0 Å². The molecule has 7 heteroatoms. The van der Waals surface area contributed by atoms with E-state index in [0.717, 1.165) is 18.5 Å². The molecule has 26 heavy (non-hydrogen) atoms. The number of benzene rings is 1. The van der Waals surface area contributed by atoms with Gasteiger partial charge in [0.1, 0.15) is 0 Å². The zero-order chi connectivity index (χ0) is 19.2. The first kappa shape index (κ1) is 20.7. The summed E-state index contributed by atoms with van der Waals surface area (Å²) in [6, 6.07) is 6.70. The maximum Gasteiger partial charge on any atom is 0.243 e. The van der Waals surface area contributed by atoms with Crippen molar-refractivity contribution in [3.05, 3.63) is 24.3 Å². The van der Waals surface area contributed by atoms with Crippen LogP contribution in [0.4, 0.5) is 5.69 Å². The number of rotatable bonds is 7. The van der Waals surface area contributed by atoms with Crippen molar-refractivity contribution in [1.29, 1.82) is 0 Å². The quantitative estimate of drug-likeness (QED) is 0.712. The second-order valence-electron chi connectivity index (χ2n) is 7.25. The van der Waals surface area contributed by atoms with Gasteiger partial charge in [-0.2, -0.15) is 4.31 Å². The zero-order valence-corrected chi connectivity index (χ0v) is 16.8. The number of amides is 1. The molecule has 1 aliphatic rings. The molecule has 1 aromatic carbocycles. The molecule has 0 bridgehead atoms. The fraction of sp³-hybridized carbons (Fsp3) is 0.632. The van der Waals surface area contributed by atoms with Gasteiger partial charge in [-0.1, -0.05) is 25.7 Å². The molecule has 2 rings (SSSR count). The smallest absolute Gasteiger partial charge is 0.243 e. The minimum absolute atomic E-state index is 0.0202. The predicted molar refractivity (Wildman–Crippen MR) is 105 cm³/mol.